The molecule has 1 saturated carbocycles. The van der Waals surface area contributed by atoms with Gasteiger partial charge in [-0.2, -0.15) is 0 Å². The summed E-state index contributed by atoms with van der Waals surface area (Å²) in [5, 5.41) is 0. The summed E-state index contributed by atoms with van der Waals surface area (Å²) >= 11 is 3.37. The molecule has 2 unspecified atom stereocenters. The van der Waals surface area contributed by atoms with Gasteiger partial charge >= 0.3 is 0 Å². The first-order chi connectivity index (χ1) is 9.81. The highest BCUT2D eigenvalue weighted by Crippen LogP contribution is 2.32. The molecule has 0 aromatic heterocycles. The Morgan fingerprint density at radius 1 is 1.24 bits per heavy atom. The maximum Gasteiger partial charge on any atom is 0.241 e. The summed E-state index contributed by atoms with van der Waals surface area (Å²) in [4.78, 5) is 0.334. The monoisotopic (exact) mass is 373 g/mol. The zero-order valence-corrected chi connectivity index (χ0v) is 15.3. The normalized spacial score (nSPS) is 23.5. The van der Waals surface area contributed by atoms with E-state index in [0.29, 0.717) is 21.2 Å². The molecule has 0 bridgehead atoms. The summed E-state index contributed by atoms with van der Waals surface area (Å²) in [6.45, 7) is 6.31. The predicted octanol–water partition coefficient (Wildman–Crippen LogP) is 4.25. The number of nitrogens with one attached hydrogen (secondary N) is 1. The molecule has 0 radical (unpaired) electrons. The highest BCUT2D eigenvalue weighted by molar-refractivity contribution is 9.10. The third-order valence-corrected chi connectivity index (χ3v) is 6.83. The van der Waals surface area contributed by atoms with Crippen LogP contribution in [0.1, 0.15) is 45.1 Å². The minimum atomic E-state index is -3.47. The van der Waals surface area contributed by atoms with Gasteiger partial charge in [-0.3, -0.25) is 0 Å². The Kier molecular flexibility index (Phi) is 5.49. The number of sulfonamides is 1. The first kappa shape index (κ1) is 17.0. The lowest BCUT2D eigenvalue weighted by molar-refractivity contribution is 0.226. The summed E-state index contributed by atoms with van der Waals surface area (Å²) < 4.78 is 28.9. The van der Waals surface area contributed by atoms with Crippen molar-refractivity contribution < 1.29 is 8.42 Å². The van der Waals surface area contributed by atoms with Crippen LogP contribution in [-0.2, 0) is 10.0 Å². The van der Waals surface area contributed by atoms with Crippen LogP contribution in [0.3, 0.4) is 0 Å². The Bertz CT molecular complexity index is 598. The molecule has 1 aliphatic rings. The van der Waals surface area contributed by atoms with E-state index in [9.17, 15) is 8.42 Å². The van der Waals surface area contributed by atoms with E-state index in [-0.39, 0.29) is 6.04 Å². The molecule has 2 rings (SSSR count). The molecular weight excluding hydrogens is 350 g/mol. The van der Waals surface area contributed by atoms with Gasteiger partial charge in [-0.15, -0.1) is 0 Å². The van der Waals surface area contributed by atoms with Crippen molar-refractivity contribution in [2.75, 3.05) is 0 Å². The Hall–Kier alpha value is -0.390. The summed E-state index contributed by atoms with van der Waals surface area (Å²) in [7, 11) is -3.47. The van der Waals surface area contributed by atoms with Gasteiger partial charge in [0.2, 0.25) is 10.0 Å². The molecule has 118 valence electrons. The first-order valence-corrected chi connectivity index (χ1v) is 9.87. The van der Waals surface area contributed by atoms with Crippen LogP contribution >= 0.6 is 15.9 Å². The zero-order chi connectivity index (χ0) is 15.6. The van der Waals surface area contributed by atoms with E-state index in [1.54, 1.807) is 6.07 Å². The average molecular weight is 374 g/mol. The molecule has 5 heteroatoms. The van der Waals surface area contributed by atoms with E-state index in [1.165, 1.54) is 6.42 Å². The molecule has 2 atom stereocenters. The Morgan fingerprint density at radius 3 is 2.52 bits per heavy atom. The fourth-order valence-electron chi connectivity index (χ4n) is 3.19. The fraction of sp³-hybridized carbons (Fsp3) is 0.625. The minimum absolute atomic E-state index is 0.0527. The SMILES string of the molecule is Cc1ccc(S(=O)(=O)NC2CCCCC2C(C)C)c(Br)c1. The van der Waals surface area contributed by atoms with Crippen LogP contribution in [0.2, 0.25) is 0 Å². The quantitative estimate of drug-likeness (QED) is 0.856. The lowest BCUT2D eigenvalue weighted by atomic mass is 9.78. The van der Waals surface area contributed by atoms with E-state index >= 15 is 0 Å². The van der Waals surface area contributed by atoms with Crippen LogP contribution in [0.15, 0.2) is 27.6 Å². The lowest BCUT2D eigenvalue weighted by Crippen LogP contribution is -2.43. The Balaban J connectivity index is 2.23. The molecule has 0 aliphatic heterocycles. The van der Waals surface area contributed by atoms with Crippen molar-refractivity contribution in [3.05, 3.63) is 28.2 Å². The maximum absolute atomic E-state index is 12.7. The number of rotatable bonds is 4. The second kappa shape index (κ2) is 6.80. The topological polar surface area (TPSA) is 46.2 Å². The molecule has 0 saturated heterocycles. The molecule has 3 nitrogen and oxygen atoms in total. The Morgan fingerprint density at radius 2 is 1.90 bits per heavy atom. The van der Waals surface area contributed by atoms with E-state index in [1.807, 2.05) is 19.1 Å². The van der Waals surface area contributed by atoms with Crippen molar-refractivity contribution in [1.29, 1.82) is 0 Å². The van der Waals surface area contributed by atoms with Gasteiger partial charge in [-0.05, 0) is 65.2 Å². The van der Waals surface area contributed by atoms with E-state index in [2.05, 4.69) is 34.5 Å². The highest BCUT2D eigenvalue weighted by Gasteiger charge is 2.31. The van der Waals surface area contributed by atoms with Gasteiger partial charge in [0, 0.05) is 10.5 Å². The van der Waals surface area contributed by atoms with Crippen molar-refractivity contribution >= 4 is 26.0 Å². The molecule has 1 aromatic rings. The van der Waals surface area contributed by atoms with E-state index in [4.69, 9.17) is 0 Å². The van der Waals surface area contributed by atoms with Gasteiger partial charge in [0.25, 0.3) is 0 Å². The summed E-state index contributed by atoms with van der Waals surface area (Å²) in [5.41, 5.74) is 1.04. The van der Waals surface area contributed by atoms with Crippen molar-refractivity contribution in [1.82, 2.24) is 4.72 Å². The van der Waals surface area contributed by atoms with Crippen LogP contribution in [0.25, 0.3) is 0 Å². The molecule has 0 amide bonds. The van der Waals surface area contributed by atoms with Gasteiger partial charge in [-0.1, -0.05) is 32.8 Å². The number of halogens is 1. The number of aryl methyl sites for hydroxylation is 1. The molecular formula is C16H24BrNO2S. The van der Waals surface area contributed by atoms with E-state index in [0.717, 1.165) is 24.8 Å². The molecule has 0 spiro atoms. The molecule has 1 N–H and O–H groups in total. The minimum Gasteiger partial charge on any atom is -0.208 e. The van der Waals surface area contributed by atoms with Crippen LogP contribution in [0.5, 0.6) is 0 Å². The first-order valence-electron chi connectivity index (χ1n) is 7.60. The van der Waals surface area contributed by atoms with Crippen LogP contribution in [0.4, 0.5) is 0 Å². The van der Waals surface area contributed by atoms with Gasteiger partial charge in [0.05, 0.1) is 4.90 Å². The van der Waals surface area contributed by atoms with Crippen molar-refractivity contribution in [3.8, 4) is 0 Å². The average Bonchev–Trinajstić information content (AvgIpc) is 2.37. The number of benzene rings is 1. The number of hydrogen-bond donors (Lipinski definition) is 1. The van der Waals surface area contributed by atoms with E-state index < -0.39 is 10.0 Å². The highest BCUT2D eigenvalue weighted by atomic mass is 79.9. The number of hydrogen-bond acceptors (Lipinski definition) is 2. The van der Waals surface area contributed by atoms with Crippen LogP contribution in [0, 0.1) is 18.8 Å². The van der Waals surface area contributed by atoms with Crippen molar-refractivity contribution in [2.45, 2.75) is 57.4 Å². The summed E-state index contributed by atoms with van der Waals surface area (Å²) in [6, 6.07) is 5.40. The standard InChI is InChI=1S/C16H24BrNO2S/c1-11(2)13-6-4-5-7-15(13)18-21(19,20)16-9-8-12(3)10-14(16)17/h8-11,13,15,18H,4-7H2,1-3H3. The summed E-state index contributed by atoms with van der Waals surface area (Å²) in [6.07, 6.45) is 4.35. The van der Waals surface area contributed by atoms with Crippen molar-refractivity contribution in [2.24, 2.45) is 11.8 Å². The molecule has 0 heterocycles. The Labute approximate surface area is 136 Å². The third kappa shape index (κ3) is 4.08. The third-order valence-electron chi connectivity index (χ3n) is 4.36. The van der Waals surface area contributed by atoms with Gasteiger partial charge in [0.1, 0.15) is 0 Å². The maximum atomic E-state index is 12.7. The van der Waals surface area contributed by atoms with Gasteiger partial charge in [0.15, 0.2) is 0 Å². The molecule has 1 aliphatic carbocycles. The lowest BCUT2D eigenvalue weighted by Gasteiger charge is -2.34. The largest absolute Gasteiger partial charge is 0.241 e. The fourth-order valence-corrected chi connectivity index (χ4v) is 5.70. The van der Waals surface area contributed by atoms with Crippen LogP contribution in [-0.4, -0.2) is 14.5 Å². The van der Waals surface area contributed by atoms with Gasteiger partial charge in [-0.25, -0.2) is 13.1 Å². The molecule has 1 fully saturated rings. The molecule has 1 aromatic carbocycles. The summed E-state index contributed by atoms with van der Waals surface area (Å²) in [5.74, 6) is 0.928. The van der Waals surface area contributed by atoms with Crippen LogP contribution < -0.4 is 4.72 Å². The predicted molar refractivity (Wildman–Crippen MR) is 89.8 cm³/mol. The second-order valence-corrected chi connectivity index (χ2v) is 8.89. The van der Waals surface area contributed by atoms with Crippen molar-refractivity contribution in [3.63, 3.8) is 0 Å². The second-order valence-electron chi connectivity index (χ2n) is 6.35. The zero-order valence-electron chi connectivity index (χ0n) is 12.9. The smallest absolute Gasteiger partial charge is 0.208 e. The van der Waals surface area contributed by atoms with Gasteiger partial charge < -0.3 is 0 Å². The molecule has 21 heavy (non-hydrogen) atoms.